The van der Waals surface area contributed by atoms with Crippen LogP contribution in [0.2, 0.25) is 0 Å². The Morgan fingerprint density at radius 3 is 1.94 bits per heavy atom. The zero-order chi connectivity index (χ0) is 25.4. The molecule has 11 heteroatoms. The molecule has 4 rings (SSSR count). The Balaban J connectivity index is 0.000000338. The molecule has 2 aromatic heterocycles. The van der Waals surface area contributed by atoms with Gasteiger partial charge in [-0.2, -0.15) is 11.8 Å². The van der Waals surface area contributed by atoms with Crippen molar-refractivity contribution >= 4 is 56.9 Å². The van der Waals surface area contributed by atoms with Crippen molar-refractivity contribution in [1.82, 2.24) is 20.4 Å². The average molecular weight is 541 g/mol. The number of hydrogen-bond donors (Lipinski definition) is 2. The largest absolute Gasteiger partial charge is 0.363 e. The van der Waals surface area contributed by atoms with E-state index < -0.39 is 0 Å². The first-order valence-corrected chi connectivity index (χ1v) is 14.2. The number of aromatic nitrogens is 4. The fraction of sp³-hybridized carbons (Fsp3) is 0.280. The van der Waals surface area contributed by atoms with Gasteiger partial charge in [-0.15, -0.1) is 20.4 Å². The fourth-order valence-electron chi connectivity index (χ4n) is 2.94. The molecule has 0 saturated carbocycles. The topological polar surface area (TPSA) is 110 Å². The summed E-state index contributed by atoms with van der Waals surface area (Å²) in [6, 6.07) is 19.3. The third-order valence-electron chi connectivity index (χ3n) is 4.68. The van der Waals surface area contributed by atoms with Gasteiger partial charge in [-0.25, -0.2) is 0 Å². The molecule has 0 atom stereocenters. The van der Waals surface area contributed by atoms with E-state index in [1.807, 2.05) is 79.5 Å². The van der Waals surface area contributed by atoms with Crippen LogP contribution >= 0.6 is 34.4 Å². The minimum Gasteiger partial charge on any atom is -0.363 e. The lowest BCUT2D eigenvalue weighted by Gasteiger charge is -2.00. The molecule has 0 aliphatic heterocycles. The Kier molecular flexibility index (Phi) is 12.0. The first-order chi connectivity index (χ1) is 17.7. The molecular weight excluding hydrogens is 513 g/mol. The van der Waals surface area contributed by atoms with Gasteiger partial charge in [0.25, 0.3) is 0 Å². The Hall–Kier alpha value is -3.15. The maximum absolute atomic E-state index is 12.1. The van der Waals surface area contributed by atoms with E-state index >= 15 is 0 Å². The maximum atomic E-state index is 12.1. The van der Waals surface area contributed by atoms with E-state index in [9.17, 15) is 9.59 Å². The summed E-state index contributed by atoms with van der Waals surface area (Å²) >= 11 is 4.88. The van der Waals surface area contributed by atoms with Crippen molar-refractivity contribution in [2.75, 3.05) is 29.2 Å². The molecular formula is C25H28N6O2S3. The number of rotatable bonds is 12. The second-order valence-electron chi connectivity index (χ2n) is 7.43. The second-order valence-corrected chi connectivity index (χ2v) is 10.8. The van der Waals surface area contributed by atoms with Gasteiger partial charge < -0.3 is 15.4 Å². The van der Waals surface area contributed by atoms with Crippen LogP contribution in [0.1, 0.15) is 21.1 Å². The molecule has 2 N–H and O–H groups in total. The highest BCUT2D eigenvalue weighted by atomic mass is 32.2. The summed E-state index contributed by atoms with van der Waals surface area (Å²) in [7, 11) is 1.85. The number of thioether (sulfide) groups is 1. The van der Waals surface area contributed by atoms with Crippen LogP contribution in [-0.2, 0) is 35.3 Å². The normalized spacial score (nSPS) is 10.2. The van der Waals surface area contributed by atoms with Crippen molar-refractivity contribution in [2.45, 2.75) is 25.7 Å². The zero-order valence-electron chi connectivity index (χ0n) is 19.9. The third kappa shape index (κ3) is 10.2. The molecule has 0 saturated heterocycles. The van der Waals surface area contributed by atoms with Gasteiger partial charge in [0.15, 0.2) is 0 Å². The van der Waals surface area contributed by atoms with Crippen molar-refractivity contribution in [2.24, 2.45) is 0 Å². The van der Waals surface area contributed by atoms with Gasteiger partial charge >= 0.3 is 0 Å². The SMILES string of the molecule is CNc1nnc(CCSCCc2nnc(NC(=O)Cc3ccccc3)s2)s1.O=CCc1ccccc1. The molecule has 0 aliphatic rings. The predicted octanol–water partition coefficient (Wildman–Crippen LogP) is 4.56. The summed E-state index contributed by atoms with van der Waals surface area (Å²) < 4.78 is 0. The van der Waals surface area contributed by atoms with E-state index in [0.717, 1.165) is 56.9 Å². The quantitative estimate of drug-likeness (QED) is 0.199. The summed E-state index contributed by atoms with van der Waals surface area (Å²) in [5.41, 5.74) is 2.06. The van der Waals surface area contributed by atoms with Crippen molar-refractivity contribution < 1.29 is 9.59 Å². The van der Waals surface area contributed by atoms with Crippen LogP contribution in [0.15, 0.2) is 60.7 Å². The van der Waals surface area contributed by atoms with E-state index in [2.05, 4.69) is 31.0 Å². The highest BCUT2D eigenvalue weighted by Crippen LogP contribution is 2.19. The molecule has 1 amide bonds. The number of aldehydes is 1. The van der Waals surface area contributed by atoms with Crippen LogP contribution in [0.4, 0.5) is 10.3 Å². The van der Waals surface area contributed by atoms with E-state index in [4.69, 9.17) is 0 Å². The van der Waals surface area contributed by atoms with Gasteiger partial charge in [-0.3, -0.25) is 4.79 Å². The molecule has 36 heavy (non-hydrogen) atoms. The number of nitrogens with zero attached hydrogens (tertiary/aromatic N) is 4. The number of hydrogen-bond acceptors (Lipinski definition) is 10. The summed E-state index contributed by atoms with van der Waals surface area (Å²) in [6.45, 7) is 0. The monoisotopic (exact) mass is 540 g/mol. The third-order valence-corrected chi connectivity index (χ3v) is 7.57. The van der Waals surface area contributed by atoms with E-state index in [0.29, 0.717) is 18.0 Å². The van der Waals surface area contributed by atoms with Crippen molar-refractivity contribution in [1.29, 1.82) is 0 Å². The Bertz CT molecular complexity index is 1180. The van der Waals surface area contributed by atoms with Gasteiger partial charge in [0.1, 0.15) is 16.3 Å². The van der Waals surface area contributed by atoms with Crippen molar-refractivity contribution in [3.8, 4) is 0 Å². The number of benzene rings is 2. The summed E-state index contributed by atoms with van der Waals surface area (Å²) in [5.74, 6) is 1.89. The lowest BCUT2D eigenvalue weighted by Crippen LogP contribution is -2.14. The molecule has 0 radical (unpaired) electrons. The van der Waals surface area contributed by atoms with Crippen molar-refractivity contribution in [3.63, 3.8) is 0 Å². The molecule has 188 valence electrons. The molecule has 0 aliphatic carbocycles. The second kappa shape index (κ2) is 15.8. The van der Waals surface area contributed by atoms with Gasteiger partial charge in [0, 0.05) is 26.3 Å². The number of nitrogens with one attached hydrogen (secondary N) is 2. The molecule has 2 heterocycles. The number of carbonyl (C=O) groups is 2. The minimum atomic E-state index is -0.0729. The van der Waals surface area contributed by atoms with Gasteiger partial charge in [-0.1, -0.05) is 83.3 Å². The lowest BCUT2D eigenvalue weighted by molar-refractivity contribution is -0.115. The standard InChI is InChI=1S/C17H20N6OS3.C8H8O/c1-18-16-22-20-14(26-16)7-9-25-10-8-15-21-23-17(27-15)19-13(24)11-12-5-3-2-4-6-12;9-7-6-8-4-2-1-3-5-8/h2-6H,7-11H2,1H3,(H,18,22)(H,19,23,24);1-5,7H,6H2. The van der Waals surface area contributed by atoms with Crippen LogP contribution in [0.5, 0.6) is 0 Å². The number of aryl methyl sites for hydroxylation is 2. The van der Waals surface area contributed by atoms with Crippen LogP contribution < -0.4 is 10.6 Å². The van der Waals surface area contributed by atoms with Crippen LogP contribution in [-0.4, -0.2) is 51.1 Å². The zero-order valence-corrected chi connectivity index (χ0v) is 22.4. The lowest BCUT2D eigenvalue weighted by atomic mass is 10.1. The Morgan fingerprint density at radius 2 is 1.39 bits per heavy atom. The highest BCUT2D eigenvalue weighted by Gasteiger charge is 2.09. The maximum Gasteiger partial charge on any atom is 0.230 e. The summed E-state index contributed by atoms with van der Waals surface area (Å²) in [5, 5.41) is 25.6. The van der Waals surface area contributed by atoms with Gasteiger partial charge in [0.05, 0.1) is 6.42 Å². The Labute approximate surface area is 223 Å². The summed E-state index contributed by atoms with van der Waals surface area (Å²) in [6.07, 6.45) is 3.54. The average Bonchev–Trinajstić information content (AvgIpc) is 3.55. The first kappa shape index (κ1) is 27.4. The number of carbonyl (C=O) groups excluding carboxylic acids is 2. The molecule has 0 fully saturated rings. The smallest absolute Gasteiger partial charge is 0.230 e. The predicted molar refractivity (Wildman–Crippen MR) is 149 cm³/mol. The minimum absolute atomic E-state index is 0.0729. The molecule has 2 aromatic carbocycles. The van der Waals surface area contributed by atoms with Gasteiger partial charge in [-0.05, 0) is 22.6 Å². The van der Waals surface area contributed by atoms with E-state index in [1.54, 1.807) is 11.3 Å². The highest BCUT2D eigenvalue weighted by molar-refractivity contribution is 7.99. The van der Waals surface area contributed by atoms with Crippen LogP contribution in [0.25, 0.3) is 0 Å². The molecule has 0 bridgehead atoms. The molecule has 0 unspecified atom stereocenters. The molecule has 0 spiro atoms. The van der Waals surface area contributed by atoms with E-state index in [-0.39, 0.29) is 5.91 Å². The molecule has 8 nitrogen and oxygen atoms in total. The Morgan fingerprint density at radius 1 is 0.833 bits per heavy atom. The summed E-state index contributed by atoms with van der Waals surface area (Å²) in [4.78, 5) is 22.0. The molecule has 4 aromatic rings. The van der Waals surface area contributed by atoms with Crippen LogP contribution in [0, 0.1) is 0 Å². The van der Waals surface area contributed by atoms with Crippen molar-refractivity contribution in [3.05, 3.63) is 81.8 Å². The number of anilines is 2. The van der Waals surface area contributed by atoms with Crippen LogP contribution in [0.3, 0.4) is 0 Å². The first-order valence-electron chi connectivity index (χ1n) is 11.4. The van der Waals surface area contributed by atoms with Gasteiger partial charge in [0.2, 0.25) is 16.2 Å². The van der Waals surface area contributed by atoms with E-state index in [1.165, 1.54) is 11.3 Å². The fourth-order valence-corrected chi connectivity index (χ4v) is 5.52. The number of amides is 1.